The Bertz CT molecular complexity index is 534. The highest BCUT2D eigenvalue weighted by Crippen LogP contribution is 2.12. The van der Waals surface area contributed by atoms with E-state index in [1.165, 1.54) is 0 Å². The lowest BCUT2D eigenvalue weighted by Gasteiger charge is -2.11. The maximum absolute atomic E-state index is 11.7. The SMILES string of the molecule is CC(C)C(=O)OCOC(=O)SC[C@H](N)C(=O)Oc1ccccc1. The van der Waals surface area contributed by atoms with Gasteiger partial charge in [0.05, 0.1) is 5.92 Å². The molecule has 2 N–H and O–H groups in total. The number of esters is 2. The molecule has 1 rings (SSSR count). The van der Waals surface area contributed by atoms with Crippen LogP contribution in [0.2, 0.25) is 0 Å². The molecule has 0 aromatic heterocycles. The van der Waals surface area contributed by atoms with Crippen LogP contribution < -0.4 is 10.5 Å². The van der Waals surface area contributed by atoms with Crippen LogP contribution in [0.1, 0.15) is 13.8 Å². The van der Waals surface area contributed by atoms with Crippen molar-refractivity contribution in [2.45, 2.75) is 19.9 Å². The smallest absolute Gasteiger partial charge is 0.370 e. The summed E-state index contributed by atoms with van der Waals surface area (Å²) >= 11 is 0.705. The second-order valence-electron chi connectivity index (χ2n) is 4.78. The van der Waals surface area contributed by atoms with Crippen LogP contribution in [0.3, 0.4) is 0 Å². The Hall–Kier alpha value is -2.06. The van der Waals surface area contributed by atoms with Crippen LogP contribution >= 0.6 is 11.8 Å². The minimum absolute atomic E-state index is 0.0113. The van der Waals surface area contributed by atoms with Gasteiger partial charge < -0.3 is 19.9 Å². The number of ether oxygens (including phenoxy) is 3. The maximum Gasteiger partial charge on any atom is 0.370 e. The fourth-order valence-corrected chi connectivity index (χ4v) is 1.83. The van der Waals surface area contributed by atoms with E-state index >= 15 is 0 Å². The molecule has 23 heavy (non-hydrogen) atoms. The number of benzene rings is 1. The van der Waals surface area contributed by atoms with Gasteiger partial charge >= 0.3 is 17.2 Å². The Labute approximate surface area is 138 Å². The Morgan fingerprint density at radius 1 is 1.09 bits per heavy atom. The number of rotatable bonds is 7. The first kappa shape index (κ1) is 19.0. The van der Waals surface area contributed by atoms with E-state index in [9.17, 15) is 14.4 Å². The highest BCUT2D eigenvalue weighted by Gasteiger charge is 2.19. The predicted octanol–water partition coefficient (Wildman–Crippen LogP) is 1.95. The van der Waals surface area contributed by atoms with Crippen molar-refractivity contribution in [2.75, 3.05) is 12.5 Å². The topological polar surface area (TPSA) is 105 Å². The zero-order valence-corrected chi connectivity index (χ0v) is 13.7. The molecule has 0 saturated carbocycles. The lowest BCUT2D eigenvalue weighted by molar-refractivity contribution is -0.155. The normalized spacial score (nSPS) is 11.7. The molecule has 0 unspecified atom stereocenters. The zero-order valence-electron chi connectivity index (χ0n) is 12.9. The van der Waals surface area contributed by atoms with Gasteiger partial charge in [-0.1, -0.05) is 32.0 Å². The van der Waals surface area contributed by atoms with Gasteiger partial charge in [0.15, 0.2) is 0 Å². The first-order valence-electron chi connectivity index (χ1n) is 6.88. The highest BCUT2D eigenvalue weighted by molar-refractivity contribution is 8.13. The van der Waals surface area contributed by atoms with E-state index in [1.807, 2.05) is 0 Å². The van der Waals surface area contributed by atoms with Crippen molar-refractivity contribution in [1.82, 2.24) is 0 Å². The van der Waals surface area contributed by atoms with E-state index in [4.69, 9.17) is 10.5 Å². The first-order valence-corrected chi connectivity index (χ1v) is 7.87. The molecule has 0 amide bonds. The number of hydrogen-bond acceptors (Lipinski definition) is 8. The quantitative estimate of drug-likeness (QED) is 0.456. The van der Waals surface area contributed by atoms with Gasteiger partial charge in [-0.2, -0.15) is 0 Å². The number of carbonyl (C=O) groups is 3. The van der Waals surface area contributed by atoms with Crippen LogP contribution in [-0.2, 0) is 19.1 Å². The number of carbonyl (C=O) groups excluding carboxylic acids is 3. The number of para-hydroxylation sites is 1. The molecule has 0 aliphatic heterocycles. The minimum atomic E-state index is -0.981. The fraction of sp³-hybridized carbons (Fsp3) is 0.400. The van der Waals surface area contributed by atoms with Crippen LogP contribution in [0.25, 0.3) is 0 Å². The van der Waals surface area contributed by atoms with Gasteiger partial charge in [-0.05, 0) is 23.9 Å². The van der Waals surface area contributed by atoms with Crippen molar-refractivity contribution in [2.24, 2.45) is 11.7 Å². The number of hydrogen-bond donors (Lipinski definition) is 1. The van der Waals surface area contributed by atoms with Crippen molar-refractivity contribution in [1.29, 1.82) is 0 Å². The molecule has 0 aliphatic rings. The third kappa shape index (κ3) is 7.66. The monoisotopic (exact) mass is 341 g/mol. The molecule has 0 saturated heterocycles. The van der Waals surface area contributed by atoms with Gasteiger partial charge in [0.1, 0.15) is 11.8 Å². The predicted molar refractivity (Wildman–Crippen MR) is 84.8 cm³/mol. The summed E-state index contributed by atoms with van der Waals surface area (Å²) in [7, 11) is 0. The van der Waals surface area contributed by atoms with Gasteiger partial charge in [-0.25, -0.2) is 9.59 Å². The third-order valence-corrected chi connectivity index (χ3v) is 3.37. The number of nitrogens with two attached hydrogens (primary N) is 1. The van der Waals surface area contributed by atoms with Gasteiger partial charge in [0.25, 0.3) is 0 Å². The van der Waals surface area contributed by atoms with E-state index in [2.05, 4.69) is 9.47 Å². The second kappa shape index (κ2) is 9.86. The summed E-state index contributed by atoms with van der Waals surface area (Å²) in [4.78, 5) is 34.3. The van der Waals surface area contributed by atoms with Crippen molar-refractivity contribution in [3.05, 3.63) is 30.3 Å². The Morgan fingerprint density at radius 2 is 1.74 bits per heavy atom. The van der Waals surface area contributed by atoms with Crippen LogP contribution in [-0.4, -0.2) is 35.8 Å². The molecular weight excluding hydrogens is 322 g/mol. The Morgan fingerprint density at radius 3 is 2.35 bits per heavy atom. The lowest BCUT2D eigenvalue weighted by Crippen LogP contribution is -2.36. The average molecular weight is 341 g/mol. The summed E-state index contributed by atoms with van der Waals surface area (Å²) in [5, 5.41) is -0.690. The summed E-state index contributed by atoms with van der Waals surface area (Å²) < 4.78 is 14.4. The van der Waals surface area contributed by atoms with Crippen LogP contribution in [0.4, 0.5) is 4.79 Å². The Kier molecular flexibility index (Phi) is 8.14. The number of thioether (sulfide) groups is 1. The van der Waals surface area contributed by atoms with Gasteiger partial charge in [0, 0.05) is 5.75 Å². The summed E-state index contributed by atoms with van der Waals surface area (Å²) in [6.45, 7) is 2.86. The summed E-state index contributed by atoms with van der Waals surface area (Å²) in [6, 6.07) is 7.49. The lowest BCUT2D eigenvalue weighted by atomic mass is 10.2. The molecular formula is C15H19NO6S. The minimum Gasteiger partial charge on any atom is -0.428 e. The van der Waals surface area contributed by atoms with Crippen LogP contribution in [0, 0.1) is 5.92 Å². The van der Waals surface area contributed by atoms with Gasteiger partial charge in [-0.3, -0.25) is 4.79 Å². The molecule has 0 heterocycles. The van der Waals surface area contributed by atoms with Crippen molar-refractivity contribution < 1.29 is 28.6 Å². The van der Waals surface area contributed by atoms with Gasteiger partial charge in [0.2, 0.25) is 6.79 Å². The summed E-state index contributed by atoms with van der Waals surface area (Å²) in [6.07, 6.45) is 0. The van der Waals surface area contributed by atoms with E-state index < -0.39 is 30.1 Å². The highest BCUT2D eigenvalue weighted by atomic mass is 32.2. The third-order valence-electron chi connectivity index (χ3n) is 2.49. The fourth-order valence-electron chi connectivity index (χ4n) is 1.25. The van der Waals surface area contributed by atoms with E-state index in [0.717, 1.165) is 0 Å². The molecule has 0 fully saturated rings. The van der Waals surface area contributed by atoms with Crippen molar-refractivity contribution in [3.63, 3.8) is 0 Å². The molecule has 7 nitrogen and oxygen atoms in total. The molecule has 1 aromatic carbocycles. The molecule has 1 aromatic rings. The second-order valence-corrected chi connectivity index (χ2v) is 5.74. The molecule has 126 valence electrons. The Balaban J connectivity index is 2.24. The van der Waals surface area contributed by atoms with Crippen LogP contribution in [0.15, 0.2) is 30.3 Å². The summed E-state index contributed by atoms with van der Waals surface area (Å²) in [5.41, 5.74) is 5.64. The molecule has 1 atom stereocenters. The summed E-state index contributed by atoms with van der Waals surface area (Å²) in [5.74, 6) is -1.06. The molecule has 0 aliphatic carbocycles. The van der Waals surface area contributed by atoms with E-state index in [-0.39, 0.29) is 11.7 Å². The van der Waals surface area contributed by atoms with Crippen molar-refractivity contribution in [3.8, 4) is 5.75 Å². The largest absolute Gasteiger partial charge is 0.428 e. The van der Waals surface area contributed by atoms with Crippen LogP contribution in [0.5, 0.6) is 5.75 Å². The maximum atomic E-state index is 11.7. The van der Waals surface area contributed by atoms with E-state index in [0.29, 0.717) is 17.5 Å². The molecule has 0 spiro atoms. The average Bonchev–Trinajstić information content (AvgIpc) is 2.53. The van der Waals surface area contributed by atoms with Crippen molar-refractivity contribution >= 4 is 29.0 Å². The first-order chi connectivity index (χ1) is 10.9. The standard InChI is InChI=1S/C15H19NO6S/c1-10(2)13(17)20-9-21-15(19)23-8-12(16)14(18)22-11-6-4-3-5-7-11/h3-7,10,12H,8-9,16H2,1-2H3/t12-/m0/s1. The van der Waals surface area contributed by atoms with E-state index in [1.54, 1.807) is 44.2 Å². The zero-order chi connectivity index (χ0) is 17.2. The molecule has 0 radical (unpaired) electrons. The molecule has 0 bridgehead atoms. The molecule has 8 heteroatoms. The van der Waals surface area contributed by atoms with Gasteiger partial charge in [-0.15, -0.1) is 0 Å².